The summed E-state index contributed by atoms with van der Waals surface area (Å²) in [6, 6.07) is 9.11. The summed E-state index contributed by atoms with van der Waals surface area (Å²) < 4.78 is 45.4. The molecule has 0 radical (unpaired) electrons. The number of benzene rings is 1. The van der Waals surface area contributed by atoms with E-state index in [2.05, 4.69) is 15.3 Å². The predicted octanol–water partition coefficient (Wildman–Crippen LogP) is 4.93. The highest BCUT2D eigenvalue weighted by atomic mass is 32.2. The number of carbonyl (C=O) groups is 3. The van der Waals surface area contributed by atoms with Crippen LogP contribution in [0.5, 0.6) is 0 Å². The van der Waals surface area contributed by atoms with E-state index in [0.717, 1.165) is 17.4 Å². The predicted molar refractivity (Wildman–Crippen MR) is 130 cm³/mol. The number of esters is 1. The van der Waals surface area contributed by atoms with Gasteiger partial charge in [0.25, 0.3) is 5.91 Å². The minimum absolute atomic E-state index is 0.0374. The Balaban J connectivity index is 1.88. The van der Waals surface area contributed by atoms with Crippen LogP contribution in [0.3, 0.4) is 0 Å². The monoisotopic (exact) mass is 538 g/mol. The second kappa shape index (κ2) is 11.1. The molecule has 8 nitrogen and oxygen atoms in total. The Kier molecular flexibility index (Phi) is 8.35. The van der Waals surface area contributed by atoms with Crippen LogP contribution in [0.4, 0.5) is 18.2 Å². The summed E-state index contributed by atoms with van der Waals surface area (Å²) in [6.45, 7) is 4.68. The Morgan fingerprint density at radius 1 is 1.19 bits per heavy atom. The molecule has 3 rings (SSSR count). The minimum Gasteiger partial charge on any atom is -0.462 e. The Morgan fingerprint density at radius 3 is 2.44 bits per heavy atom. The number of carbonyl (C=O) groups excluding carboxylic acids is 3. The molecular formula is C23H21F3N4O4S2. The van der Waals surface area contributed by atoms with Crippen LogP contribution >= 0.6 is 23.1 Å². The number of primary amides is 1. The van der Waals surface area contributed by atoms with Gasteiger partial charge in [0.15, 0.2) is 5.16 Å². The van der Waals surface area contributed by atoms with E-state index in [4.69, 9.17) is 10.5 Å². The molecule has 190 valence electrons. The van der Waals surface area contributed by atoms with Crippen molar-refractivity contribution in [2.75, 3.05) is 11.9 Å². The van der Waals surface area contributed by atoms with E-state index in [1.54, 1.807) is 37.3 Å². The van der Waals surface area contributed by atoms with Gasteiger partial charge in [-0.2, -0.15) is 13.2 Å². The quantitative estimate of drug-likeness (QED) is 0.237. The van der Waals surface area contributed by atoms with E-state index in [-0.39, 0.29) is 38.5 Å². The van der Waals surface area contributed by atoms with E-state index >= 15 is 0 Å². The van der Waals surface area contributed by atoms with Crippen molar-refractivity contribution >= 4 is 45.9 Å². The number of anilines is 1. The molecule has 1 atom stereocenters. The Morgan fingerprint density at radius 2 is 1.86 bits per heavy atom. The fourth-order valence-electron chi connectivity index (χ4n) is 3.09. The maximum absolute atomic E-state index is 13.5. The highest BCUT2D eigenvalue weighted by Gasteiger charge is 2.34. The van der Waals surface area contributed by atoms with Crippen molar-refractivity contribution < 1.29 is 32.3 Å². The zero-order chi connectivity index (χ0) is 26.6. The molecule has 3 aromatic rings. The summed E-state index contributed by atoms with van der Waals surface area (Å²) in [6.07, 6.45) is -4.72. The average Bonchev–Trinajstić information content (AvgIpc) is 3.14. The zero-order valence-corrected chi connectivity index (χ0v) is 20.9. The lowest BCUT2D eigenvalue weighted by Gasteiger charge is -2.14. The van der Waals surface area contributed by atoms with Crippen molar-refractivity contribution in [3.05, 3.63) is 58.1 Å². The number of thiophene rings is 1. The van der Waals surface area contributed by atoms with Crippen molar-refractivity contribution in [3.63, 3.8) is 0 Å². The van der Waals surface area contributed by atoms with Crippen molar-refractivity contribution in [2.24, 2.45) is 5.73 Å². The number of alkyl halides is 3. The first-order valence-electron chi connectivity index (χ1n) is 10.5. The number of hydrogen-bond acceptors (Lipinski definition) is 8. The third-order valence-electron chi connectivity index (χ3n) is 4.81. The number of thioether (sulfide) groups is 1. The van der Waals surface area contributed by atoms with Gasteiger partial charge < -0.3 is 15.8 Å². The van der Waals surface area contributed by atoms with Crippen molar-refractivity contribution in [1.29, 1.82) is 0 Å². The van der Waals surface area contributed by atoms with Gasteiger partial charge in [0.2, 0.25) is 5.91 Å². The van der Waals surface area contributed by atoms with Gasteiger partial charge in [-0.1, -0.05) is 42.1 Å². The molecule has 13 heteroatoms. The maximum Gasteiger partial charge on any atom is 0.433 e. The molecule has 1 aromatic carbocycles. The number of hydrogen-bond donors (Lipinski definition) is 2. The average molecular weight is 539 g/mol. The number of nitrogens with two attached hydrogens (primary N) is 1. The summed E-state index contributed by atoms with van der Waals surface area (Å²) in [4.78, 5) is 44.9. The Hall–Kier alpha value is -3.45. The van der Waals surface area contributed by atoms with Crippen LogP contribution < -0.4 is 11.1 Å². The van der Waals surface area contributed by atoms with E-state index in [1.165, 1.54) is 13.8 Å². The number of halogens is 3. The third-order valence-corrected chi connectivity index (χ3v) is 6.96. The molecule has 3 N–H and O–H groups in total. The molecule has 0 unspecified atom stereocenters. The maximum atomic E-state index is 13.5. The first kappa shape index (κ1) is 27.1. The van der Waals surface area contributed by atoms with E-state index < -0.39 is 34.9 Å². The van der Waals surface area contributed by atoms with Crippen LogP contribution in [0, 0.1) is 6.92 Å². The summed E-state index contributed by atoms with van der Waals surface area (Å²) in [7, 11) is 0. The van der Waals surface area contributed by atoms with Crippen LogP contribution in [0.25, 0.3) is 11.3 Å². The van der Waals surface area contributed by atoms with E-state index in [1.807, 2.05) is 0 Å². The molecule has 0 aliphatic carbocycles. The number of ether oxygens (including phenoxy) is 1. The third kappa shape index (κ3) is 6.21. The normalized spacial score (nSPS) is 12.2. The fourth-order valence-corrected chi connectivity index (χ4v) is 4.99. The van der Waals surface area contributed by atoms with Gasteiger partial charge in [0.05, 0.1) is 23.1 Å². The highest BCUT2D eigenvalue weighted by Crippen LogP contribution is 2.35. The number of nitrogens with one attached hydrogen (secondary N) is 1. The molecule has 0 saturated carbocycles. The van der Waals surface area contributed by atoms with Gasteiger partial charge in [0, 0.05) is 5.56 Å². The fraction of sp³-hybridized carbons (Fsp3) is 0.261. The Labute approximate surface area is 212 Å². The number of nitrogens with zero attached hydrogens (tertiary/aromatic N) is 2. The van der Waals surface area contributed by atoms with Gasteiger partial charge in [0.1, 0.15) is 15.6 Å². The smallest absolute Gasteiger partial charge is 0.433 e. The van der Waals surface area contributed by atoms with E-state index in [9.17, 15) is 27.6 Å². The van der Waals surface area contributed by atoms with Crippen LogP contribution in [-0.4, -0.2) is 39.6 Å². The topological polar surface area (TPSA) is 124 Å². The van der Waals surface area contributed by atoms with Gasteiger partial charge in [-0.15, -0.1) is 11.3 Å². The number of rotatable bonds is 8. The van der Waals surface area contributed by atoms with Crippen LogP contribution in [0.1, 0.15) is 45.1 Å². The first-order valence-corrected chi connectivity index (χ1v) is 12.2. The molecule has 0 fully saturated rings. The largest absolute Gasteiger partial charge is 0.462 e. The minimum atomic E-state index is -4.72. The van der Waals surface area contributed by atoms with Crippen molar-refractivity contribution in [3.8, 4) is 11.3 Å². The molecule has 0 saturated heterocycles. The lowest BCUT2D eigenvalue weighted by molar-refractivity contribution is -0.141. The lowest BCUT2D eigenvalue weighted by Crippen LogP contribution is -2.24. The Bertz CT molecular complexity index is 1300. The van der Waals surface area contributed by atoms with Crippen LogP contribution in [0.2, 0.25) is 0 Å². The summed E-state index contributed by atoms with van der Waals surface area (Å²) in [5.41, 5.74) is 5.02. The van der Waals surface area contributed by atoms with Crippen LogP contribution in [-0.2, 0) is 15.7 Å². The van der Waals surface area contributed by atoms with Gasteiger partial charge in [-0.3, -0.25) is 9.59 Å². The second-order valence-electron chi connectivity index (χ2n) is 7.38. The molecule has 2 amide bonds. The standard InChI is InChI=1S/C23H21F3N4O4S2/c1-4-34-21(33)17-11(2)16(18(27)31)20(36-17)30-19(32)12(3)35-22-28-14(13-8-6-5-7-9-13)10-15(29-22)23(24,25)26/h5-10,12H,4H2,1-3H3,(H2,27,31)(H,30,32)/t12-/m1/s1. The molecule has 2 aromatic heterocycles. The van der Waals surface area contributed by atoms with Gasteiger partial charge >= 0.3 is 12.1 Å². The summed E-state index contributed by atoms with van der Waals surface area (Å²) in [5, 5.41) is 1.35. The summed E-state index contributed by atoms with van der Waals surface area (Å²) in [5.74, 6) is -2.18. The molecule has 0 aliphatic heterocycles. The van der Waals surface area contributed by atoms with Gasteiger partial charge in [-0.25, -0.2) is 14.8 Å². The molecule has 0 spiro atoms. The number of amides is 2. The lowest BCUT2D eigenvalue weighted by atomic mass is 10.1. The van der Waals surface area contributed by atoms with Crippen molar-refractivity contribution in [2.45, 2.75) is 37.4 Å². The van der Waals surface area contributed by atoms with Gasteiger partial charge in [-0.05, 0) is 32.4 Å². The number of aromatic nitrogens is 2. The van der Waals surface area contributed by atoms with Crippen LogP contribution in [0.15, 0.2) is 41.6 Å². The molecule has 2 heterocycles. The molecule has 0 bridgehead atoms. The summed E-state index contributed by atoms with van der Waals surface area (Å²) >= 11 is 1.54. The second-order valence-corrected chi connectivity index (χ2v) is 9.71. The molecular weight excluding hydrogens is 517 g/mol. The van der Waals surface area contributed by atoms with E-state index in [0.29, 0.717) is 17.3 Å². The SMILES string of the molecule is CCOC(=O)c1sc(NC(=O)[C@@H](C)Sc2nc(-c3ccccc3)cc(C(F)(F)F)n2)c(C(N)=O)c1C. The zero-order valence-electron chi connectivity index (χ0n) is 19.3. The van der Waals surface area contributed by atoms with Crippen molar-refractivity contribution in [1.82, 2.24) is 9.97 Å². The molecule has 36 heavy (non-hydrogen) atoms. The molecule has 0 aliphatic rings. The first-order chi connectivity index (χ1) is 16.9. The highest BCUT2D eigenvalue weighted by molar-refractivity contribution is 8.00.